The molecule has 1 aromatic carbocycles. The van der Waals surface area contributed by atoms with Crippen LogP contribution in [0.15, 0.2) is 48.8 Å². The number of benzene rings is 1. The molecule has 0 radical (unpaired) electrons. The molecule has 1 saturated carbocycles. The van der Waals surface area contributed by atoms with Gasteiger partial charge in [-0.3, -0.25) is 9.78 Å². The Morgan fingerprint density at radius 3 is 2.15 bits per heavy atom. The SMILES string of the molecule is O=C(c1ccc(C2CCCCC2)cc1)N1CCN(c2ccncc2)CC1. The molecule has 1 amide bonds. The van der Waals surface area contributed by atoms with Gasteiger partial charge in [-0.2, -0.15) is 0 Å². The summed E-state index contributed by atoms with van der Waals surface area (Å²) in [6, 6.07) is 12.5. The molecule has 2 fully saturated rings. The van der Waals surface area contributed by atoms with Crippen LogP contribution >= 0.6 is 0 Å². The van der Waals surface area contributed by atoms with Gasteiger partial charge < -0.3 is 9.80 Å². The minimum atomic E-state index is 0.162. The summed E-state index contributed by atoms with van der Waals surface area (Å²) in [7, 11) is 0. The molecule has 1 aliphatic heterocycles. The number of carbonyl (C=O) groups is 1. The summed E-state index contributed by atoms with van der Waals surface area (Å²) in [4.78, 5) is 21.2. The van der Waals surface area contributed by atoms with E-state index in [2.05, 4.69) is 22.0 Å². The van der Waals surface area contributed by atoms with Crippen molar-refractivity contribution in [2.24, 2.45) is 0 Å². The Morgan fingerprint density at radius 1 is 0.846 bits per heavy atom. The molecule has 26 heavy (non-hydrogen) atoms. The standard InChI is InChI=1S/C22H27N3O/c26-22(20-8-6-19(7-9-20)18-4-2-1-3-5-18)25-16-14-24(15-17-25)21-10-12-23-13-11-21/h6-13,18H,1-5,14-17H2. The third-order valence-corrected chi connectivity index (χ3v) is 5.83. The fourth-order valence-corrected chi connectivity index (χ4v) is 4.24. The van der Waals surface area contributed by atoms with Gasteiger partial charge in [0.1, 0.15) is 0 Å². The van der Waals surface area contributed by atoms with Gasteiger partial charge in [0.25, 0.3) is 5.91 Å². The number of pyridine rings is 1. The lowest BCUT2D eigenvalue weighted by atomic mass is 9.84. The molecule has 2 heterocycles. The Kier molecular flexibility index (Phi) is 5.19. The summed E-state index contributed by atoms with van der Waals surface area (Å²) in [6.45, 7) is 3.28. The van der Waals surface area contributed by atoms with Crippen molar-refractivity contribution in [3.05, 3.63) is 59.9 Å². The first kappa shape index (κ1) is 17.1. The van der Waals surface area contributed by atoms with E-state index in [-0.39, 0.29) is 5.91 Å². The predicted molar refractivity (Wildman–Crippen MR) is 105 cm³/mol. The maximum absolute atomic E-state index is 12.8. The maximum atomic E-state index is 12.8. The summed E-state index contributed by atoms with van der Waals surface area (Å²) < 4.78 is 0. The van der Waals surface area contributed by atoms with Gasteiger partial charge in [-0.05, 0) is 48.6 Å². The van der Waals surface area contributed by atoms with Gasteiger partial charge in [0, 0.05) is 49.8 Å². The molecular formula is C22H27N3O. The van der Waals surface area contributed by atoms with Crippen LogP contribution in [0.25, 0.3) is 0 Å². The maximum Gasteiger partial charge on any atom is 0.253 e. The lowest BCUT2D eigenvalue weighted by Gasteiger charge is -2.36. The van der Waals surface area contributed by atoms with E-state index in [1.54, 1.807) is 0 Å². The third-order valence-electron chi connectivity index (χ3n) is 5.83. The lowest BCUT2D eigenvalue weighted by Crippen LogP contribution is -2.48. The molecule has 4 nitrogen and oxygen atoms in total. The first-order valence-electron chi connectivity index (χ1n) is 9.85. The average molecular weight is 349 g/mol. The molecule has 0 atom stereocenters. The topological polar surface area (TPSA) is 36.4 Å². The molecule has 1 saturated heterocycles. The summed E-state index contributed by atoms with van der Waals surface area (Å²) >= 11 is 0. The van der Waals surface area contributed by atoms with Crippen LogP contribution in [0, 0.1) is 0 Å². The van der Waals surface area contributed by atoms with Crippen LogP contribution < -0.4 is 4.90 Å². The molecule has 2 aliphatic rings. The molecule has 4 heteroatoms. The third kappa shape index (κ3) is 3.74. The van der Waals surface area contributed by atoms with E-state index in [4.69, 9.17) is 0 Å². The van der Waals surface area contributed by atoms with Crippen molar-refractivity contribution in [1.82, 2.24) is 9.88 Å². The van der Waals surface area contributed by atoms with Crippen molar-refractivity contribution in [2.45, 2.75) is 38.0 Å². The van der Waals surface area contributed by atoms with E-state index in [9.17, 15) is 4.79 Å². The van der Waals surface area contributed by atoms with E-state index in [0.29, 0.717) is 5.92 Å². The molecule has 4 rings (SSSR count). The van der Waals surface area contributed by atoms with E-state index in [1.807, 2.05) is 41.6 Å². The highest BCUT2D eigenvalue weighted by Gasteiger charge is 2.23. The van der Waals surface area contributed by atoms with Crippen LogP contribution in [-0.2, 0) is 0 Å². The quantitative estimate of drug-likeness (QED) is 0.837. The molecule has 0 spiro atoms. The summed E-state index contributed by atoms with van der Waals surface area (Å²) in [5, 5.41) is 0. The summed E-state index contributed by atoms with van der Waals surface area (Å²) in [6.07, 6.45) is 10.3. The van der Waals surface area contributed by atoms with Crippen molar-refractivity contribution in [3.63, 3.8) is 0 Å². The van der Waals surface area contributed by atoms with Crippen LogP contribution in [-0.4, -0.2) is 42.0 Å². The van der Waals surface area contributed by atoms with Crippen molar-refractivity contribution < 1.29 is 4.79 Å². The minimum Gasteiger partial charge on any atom is -0.368 e. The Morgan fingerprint density at radius 2 is 1.50 bits per heavy atom. The van der Waals surface area contributed by atoms with Crippen molar-refractivity contribution in [3.8, 4) is 0 Å². The van der Waals surface area contributed by atoms with Crippen LogP contribution in [0.2, 0.25) is 0 Å². The van der Waals surface area contributed by atoms with Crippen molar-refractivity contribution >= 4 is 11.6 Å². The van der Waals surface area contributed by atoms with Gasteiger partial charge in [-0.1, -0.05) is 31.4 Å². The van der Waals surface area contributed by atoms with Gasteiger partial charge in [-0.25, -0.2) is 0 Å². The number of rotatable bonds is 3. The average Bonchev–Trinajstić information content (AvgIpc) is 2.75. The Balaban J connectivity index is 1.36. The summed E-state index contributed by atoms with van der Waals surface area (Å²) in [5.74, 6) is 0.853. The highest BCUT2D eigenvalue weighted by molar-refractivity contribution is 5.94. The monoisotopic (exact) mass is 349 g/mol. The van der Waals surface area contributed by atoms with E-state index in [1.165, 1.54) is 43.4 Å². The van der Waals surface area contributed by atoms with Gasteiger partial charge in [0.05, 0.1) is 0 Å². The zero-order valence-electron chi connectivity index (χ0n) is 15.3. The molecular weight excluding hydrogens is 322 g/mol. The molecule has 0 unspecified atom stereocenters. The van der Waals surface area contributed by atoms with E-state index >= 15 is 0 Å². The minimum absolute atomic E-state index is 0.162. The molecule has 2 aromatic rings. The highest BCUT2D eigenvalue weighted by atomic mass is 16.2. The van der Waals surface area contributed by atoms with Crippen LogP contribution in [0.3, 0.4) is 0 Å². The molecule has 1 aromatic heterocycles. The first-order chi connectivity index (χ1) is 12.8. The fraction of sp³-hybridized carbons (Fsp3) is 0.455. The molecule has 1 aliphatic carbocycles. The van der Waals surface area contributed by atoms with Crippen molar-refractivity contribution in [2.75, 3.05) is 31.1 Å². The number of amides is 1. The number of hydrogen-bond donors (Lipinski definition) is 0. The number of nitrogens with zero attached hydrogens (tertiary/aromatic N) is 3. The van der Waals surface area contributed by atoms with Crippen LogP contribution in [0.1, 0.15) is 53.9 Å². The Bertz CT molecular complexity index is 715. The second-order valence-corrected chi connectivity index (χ2v) is 7.44. The normalized spacial score (nSPS) is 18.8. The number of carbonyl (C=O) groups excluding carboxylic acids is 1. The summed E-state index contributed by atoms with van der Waals surface area (Å²) in [5.41, 5.74) is 3.41. The van der Waals surface area contributed by atoms with Crippen LogP contribution in [0.5, 0.6) is 0 Å². The van der Waals surface area contributed by atoms with Gasteiger partial charge >= 0.3 is 0 Å². The van der Waals surface area contributed by atoms with Crippen molar-refractivity contribution in [1.29, 1.82) is 0 Å². The molecule has 0 N–H and O–H groups in total. The Labute approximate surface area is 155 Å². The second-order valence-electron chi connectivity index (χ2n) is 7.44. The van der Waals surface area contributed by atoms with E-state index in [0.717, 1.165) is 31.7 Å². The zero-order chi connectivity index (χ0) is 17.8. The van der Waals surface area contributed by atoms with Crippen LogP contribution in [0.4, 0.5) is 5.69 Å². The largest absolute Gasteiger partial charge is 0.368 e. The number of aromatic nitrogens is 1. The lowest BCUT2D eigenvalue weighted by molar-refractivity contribution is 0.0746. The molecule has 136 valence electrons. The zero-order valence-corrected chi connectivity index (χ0v) is 15.3. The number of piperazine rings is 1. The Hall–Kier alpha value is -2.36. The molecule has 0 bridgehead atoms. The van der Waals surface area contributed by atoms with Gasteiger partial charge in [0.2, 0.25) is 0 Å². The van der Waals surface area contributed by atoms with Gasteiger partial charge in [0.15, 0.2) is 0 Å². The first-order valence-corrected chi connectivity index (χ1v) is 9.85. The smallest absolute Gasteiger partial charge is 0.253 e. The number of hydrogen-bond acceptors (Lipinski definition) is 3. The predicted octanol–water partition coefficient (Wildman–Crippen LogP) is 4.09. The van der Waals surface area contributed by atoms with Gasteiger partial charge in [-0.15, -0.1) is 0 Å². The second kappa shape index (κ2) is 7.90. The number of anilines is 1. The van der Waals surface area contributed by atoms with E-state index < -0.39 is 0 Å². The highest BCUT2D eigenvalue weighted by Crippen LogP contribution is 2.32. The fourth-order valence-electron chi connectivity index (χ4n) is 4.24.